The van der Waals surface area contributed by atoms with Gasteiger partial charge in [-0.25, -0.2) is 0 Å². The molecule has 0 atom stereocenters. The lowest BCUT2D eigenvalue weighted by Gasteiger charge is -2.10. The van der Waals surface area contributed by atoms with Gasteiger partial charge in [-0.15, -0.1) is 0 Å². The summed E-state index contributed by atoms with van der Waals surface area (Å²) in [6, 6.07) is 10.8. The Bertz CT molecular complexity index is 688. The Labute approximate surface area is 123 Å². The van der Waals surface area contributed by atoms with Crippen molar-refractivity contribution in [2.45, 2.75) is 0 Å². The van der Waals surface area contributed by atoms with Crippen LogP contribution in [0.25, 0.3) is 0 Å². The molecule has 0 radical (unpaired) electrons. The summed E-state index contributed by atoms with van der Waals surface area (Å²) in [5.41, 5.74) is 5.82. The van der Waals surface area contributed by atoms with Crippen molar-refractivity contribution < 1.29 is 9.66 Å². The fourth-order valence-corrected chi connectivity index (χ4v) is 1.93. The smallest absolute Gasteiger partial charge is 0.273 e. The van der Waals surface area contributed by atoms with Gasteiger partial charge in [-0.2, -0.15) is 0 Å². The lowest BCUT2D eigenvalue weighted by molar-refractivity contribution is -0.384. The number of nitrogen functional groups attached to an aromatic ring is 1. The van der Waals surface area contributed by atoms with Crippen LogP contribution in [-0.4, -0.2) is 10.8 Å². The van der Waals surface area contributed by atoms with E-state index < -0.39 is 4.92 Å². The SMILES string of the molecule is N=C(N)c1ccc(Br)cc1Oc1cccc([N+](=O)[O-])c1. The number of nitro benzene ring substituents is 1. The predicted octanol–water partition coefficient (Wildman–Crippen LogP) is 3.43. The van der Waals surface area contributed by atoms with Crippen molar-refractivity contribution in [2.75, 3.05) is 0 Å². The number of nitro groups is 1. The molecule has 0 heterocycles. The first-order valence-corrected chi connectivity index (χ1v) is 6.33. The van der Waals surface area contributed by atoms with Crippen molar-refractivity contribution >= 4 is 27.5 Å². The Hall–Kier alpha value is -2.41. The number of amidine groups is 1. The van der Waals surface area contributed by atoms with Crippen molar-refractivity contribution in [3.05, 3.63) is 62.6 Å². The maximum absolute atomic E-state index is 10.7. The standard InChI is InChI=1S/C13H10BrN3O3/c14-8-4-5-11(13(15)16)12(6-8)20-10-3-1-2-9(7-10)17(18)19/h1-7H,(H3,15,16). The Balaban J connectivity index is 2.39. The van der Waals surface area contributed by atoms with E-state index in [9.17, 15) is 10.1 Å². The third-order valence-electron chi connectivity index (χ3n) is 2.49. The highest BCUT2D eigenvalue weighted by atomic mass is 79.9. The molecule has 0 amide bonds. The van der Waals surface area contributed by atoms with Gasteiger partial charge >= 0.3 is 0 Å². The third-order valence-corrected chi connectivity index (χ3v) is 2.98. The minimum Gasteiger partial charge on any atom is -0.456 e. The topological polar surface area (TPSA) is 102 Å². The van der Waals surface area contributed by atoms with Gasteiger partial charge in [0.05, 0.1) is 16.6 Å². The van der Waals surface area contributed by atoms with Crippen LogP contribution >= 0.6 is 15.9 Å². The summed E-state index contributed by atoms with van der Waals surface area (Å²) < 4.78 is 6.34. The van der Waals surface area contributed by atoms with Crippen LogP contribution in [0.5, 0.6) is 11.5 Å². The molecule has 0 bridgehead atoms. The fraction of sp³-hybridized carbons (Fsp3) is 0. The maximum atomic E-state index is 10.7. The number of nitrogens with one attached hydrogen (secondary N) is 1. The lowest BCUT2D eigenvalue weighted by atomic mass is 10.2. The summed E-state index contributed by atoms with van der Waals surface area (Å²) in [7, 11) is 0. The molecule has 0 spiro atoms. The Morgan fingerprint density at radius 2 is 2.05 bits per heavy atom. The first kappa shape index (κ1) is 14.0. The Kier molecular flexibility index (Phi) is 3.99. The molecular formula is C13H10BrN3O3. The minimum absolute atomic E-state index is 0.0677. The summed E-state index contributed by atoms with van der Waals surface area (Å²) in [6.45, 7) is 0. The Morgan fingerprint density at radius 3 is 2.70 bits per heavy atom. The zero-order valence-electron chi connectivity index (χ0n) is 10.2. The second kappa shape index (κ2) is 5.70. The van der Waals surface area contributed by atoms with Gasteiger partial charge in [-0.3, -0.25) is 15.5 Å². The largest absolute Gasteiger partial charge is 0.456 e. The zero-order chi connectivity index (χ0) is 14.7. The van der Waals surface area contributed by atoms with E-state index in [4.69, 9.17) is 15.9 Å². The molecule has 2 rings (SSSR count). The first-order chi connectivity index (χ1) is 9.47. The number of halogens is 1. The predicted molar refractivity (Wildman–Crippen MR) is 78.3 cm³/mol. The van der Waals surface area contributed by atoms with Crippen molar-refractivity contribution in [3.63, 3.8) is 0 Å². The van der Waals surface area contributed by atoms with Gasteiger partial charge in [0, 0.05) is 10.5 Å². The van der Waals surface area contributed by atoms with Gasteiger partial charge in [0.1, 0.15) is 17.3 Å². The molecule has 3 N–H and O–H groups in total. The third kappa shape index (κ3) is 3.12. The van der Waals surface area contributed by atoms with Gasteiger partial charge in [0.25, 0.3) is 5.69 Å². The molecule has 0 aromatic heterocycles. The van der Waals surface area contributed by atoms with Crippen LogP contribution in [0.1, 0.15) is 5.56 Å². The molecule has 20 heavy (non-hydrogen) atoms. The van der Waals surface area contributed by atoms with Crippen molar-refractivity contribution in [3.8, 4) is 11.5 Å². The molecule has 6 nitrogen and oxygen atoms in total. The maximum Gasteiger partial charge on any atom is 0.273 e. The molecular weight excluding hydrogens is 326 g/mol. The van der Waals surface area contributed by atoms with Crippen molar-refractivity contribution in [2.24, 2.45) is 5.73 Å². The van der Waals surface area contributed by atoms with Crippen LogP contribution in [0.3, 0.4) is 0 Å². The highest BCUT2D eigenvalue weighted by molar-refractivity contribution is 9.10. The molecule has 7 heteroatoms. The van der Waals surface area contributed by atoms with Gasteiger partial charge in [0.2, 0.25) is 0 Å². The molecule has 102 valence electrons. The lowest BCUT2D eigenvalue weighted by Crippen LogP contribution is -2.12. The molecule has 0 saturated heterocycles. The summed E-state index contributed by atoms with van der Waals surface area (Å²) in [6.07, 6.45) is 0. The van der Waals surface area contributed by atoms with Crippen LogP contribution in [0, 0.1) is 15.5 Å². The molecule has 0 aliphatic carbocycles. The Morgan fingerprint density at radius 1 is 1.30 bits per heavy atom. The van der Waals surface area contributed by atoms with E-state index in [2.05, 4.69) is 15.9 Å². The van der Waals surface area contributed by atoms with Crippen LogP contribution in [0.2, 0.25) is 0 Å². The number of hydrogen-bond acceptors (Lipinski definition) is 4. The molecule has 0 aliphatic heterocycles. The average molecular weight is 336 g/mol. The summed E-state index contributed by atoms with van der Waals surface area (Å²) >= 11 is 3.30. The number of ether oxygens (including phenoxy) is 1. The number of non-ortho nitro benzene ring substituents is 1. The second-order valence-corrected chi connectivity index (χ2v) is 4.83. The molecule has 0 saturated carbocycles. The van der Waals surface area contributed by atoms with E-state index in [0.717, 1.165) is 4.47 Å². The van der Waals surface area contributed by atoms with E-state index in [0.29, 0.717) is 17.1 Å². The monoisotopic (exact) mass is 335 g/mol. The first-order valence-electron chi connectivity index (χ1n) is 5.53. The van der Waals surface area contributed by atoms with Crippen LogP contribution in [0.4, 0.5) is 5.69 Å². The van der Waals surface area contributed by atoms with Crippen LogP contribution in [-0.2, 0) is 0 Å². The number of hydrogen-bond donors (Lipinski definition) is 2. The molecule has 0 unspecified atom stereocenters. The summed E-state index contributed by atoms with van der Waals surface area (Å²) in [4.78, 5) is 10.2. The van der Waals surface area contributed by atoms with Gasteiger partial charge < -0.3 is 10.5 Å². The molecule has 2 aromatic carbocycles. The minimum atomic E-state index is -0.500. The summed E-state index contributed by atoms with van der Waals surface area (Å²) in [5.74, 6) is 0.519. The van der Waals surface area contributed by atoms with E-state index in [1.165, 1.54) is 18.2 Å². The normalized spacial score (nSPS) is 10.1. The van der Waals surface area contributed by atoms with E-state index in [-0.39, 0.29) is 11.5 Å². The van der Waals surface area contributed by atoms with E-state index in [1.807, 2.05) is 0 Å². The molecule has 0 aliphatic rings. The molecule has 0 fully saturated rings. The van der Waals surface area contributed by atoms with Crippen molar-refractivity contribution in [1.29, 1.82) is 5.41 Å². The number of nitrogens with two attached hydrogens (primary N) is 1. The average Bonchev–Trinajstić information content (AvgIpc) is 2.38. The van der Waals surface area contributed by atoms with Gasteiger partial charge in [-0.1, -0.05) is 22.0 Å². The highest BCUT2D eigenvalue weighted by Gasteiger charge is 2.11. The van der Waals surface area contributed by atoms with Crippen LogP contribution < -0.4 is 10.5 Å². The molecule has 2 aromatic rings. The van der Waals surface area contributed by atoms with Gasteiger partial charge in [0.15, 0.2) is 0 Å². The quantitative estimate of drug-likeness (QED) is 0.386. The zero-order valence-corrected chi connectivity index (χ0v) is 11.8. The number of rotatable bonds is 4. The highest BCUT2D eigenvalue weighted by Crippen LogP contribution is 2.30. The van der Waals surface area contributed by atoms with Crippen LogP contribution in [0.15, 0.2) is 46.9 Å². The van der Waals surface area contributed by atoms with E-state index in [1.54, 1.807) is 24.3 Å². The number of benzene rings is 2. The van der Waals surface area contributed by atoms with Crippen molar-refractivity contribution in [1.82, 2.24) is 0 Å². The fourth-order valence-electron chi connectivity index (χ4n) is 1.59. The van der Waals surface area contributed by atoms with E-state index >= 15 is 0 Å². The second-order valence-electron chi connectivity index (χ2n) is 3.91. The summed E-state index contributed by atoms with van der Waals surface area (Å²) in [5, 5.41) is 18.2. The van der Waals surface area contributed by atoms with Gasteiger partial charge in [-0.05, 0) is 24.3 Å². The number of nitrogens with zero attached hydrogens (tertiary/aromatic N) is 1.